The van der Waals surface area contributed by atoms with Gasteiger partial charge >= 0.3 is 6.36 Å². The molecule has 0 radical (unpaired) electrons. The van der Waals surface area contributed by atoms with Gasteiger partial charge in [0.15, 0.2) is 5.82 Å². The van der Waals surface area contributed by atoms with E-state index in [1.165, 1.54) is 29.2 Å². The summed E-state index contributed by atoms with van der Waals surface area (Å²) in [5.41, 5.74) is 0.762. The number of aliphatic hydroxyl groups excluding tert-OH is 1. The summed E-state index contributed by atoms with van der Waals surface area (Å²) in [4.78, 5) is 3.91. The molecule has 0 amide bonds. The van der Waals surface area contributed by atoms with Crippen LogP contribution in [0.25, 0.3) is 5.69 Å². The van der Waals surface area contributed by atoms with Crippen molar-refractivity contribution in [1.82, 2.24) is 14.8 Å². The smallest absolute Gasteiger partial charge is 0.489 e. The third-order valence-corrected chi connectivity index (χ3v) is 3.82. The summed E-state index contributed by atoms with van der Waals surface area (Å²) in [6.07, 6.45) is -3.38. The summed E-state index contributed by atoms with van der Waals surface area (Å²) < 4.78 is 48.5. The Morgan fingerprint density at radius 3 is 2.48 bits per heavy atom. The molecular formula is C17H13ClF3N3O3. The van der Waals surface area contributed by atoms with Crippen LogP contribution in [0.2, 0.25) is 5.02 Å². The zero-order valence-corrected chi connectivity index (χ0v) is 14.4. The fourth-order valence-electron chi connectivity index (χ4n) is 2.24. The Balaban J connectivity index is 1.72. The zero-order chi connectivity index (χ0) is 19.4. The zero-order valence-electron chi connectivity index (χ0n) is 13.7. The average molecular weight is 400 g/mol. The molecular weight excluding hydrogens is 387 g/mol. The van der Waals surface area contributed by atoms with Crippen LogP contribution in [-0.4, -0.2) is 26.2 Å². The van der Waals surface area contributed by atoms with Crippen LogP contribution in [0.5, 0.6) is 11.5 Å². The number of rotatable bonds is 6. The van der Waals surface area contributed by atoms with Gasteiger partial charge in [-0.15, -0.1) is 18.3 Å². The van der Waals surface area contributed by atoms with Crippen molar-refractivity contribution in [2.45, 2.75) is 19.6 Å². The van der Waals surface area contributed by atoms with Crippen LogP contribution in [0, 0.1) is 0 Å². The highest BCUT2D eigenvalue weighted by molar-refractivity contribution is 6.31. The summed E-state index contributed by atoms with van der Waals surface area (Å²) >= 11 is 5.98. The quantitative estimate of drug-likeness (QED) is 0.681. The molecule has 1 N–H and O–H groups in total. The lowest BCUT2D eigenvalue weighted by Gasteiger charge is -2.15. The second-order valence-electron chi connectivity index (χ2n) is 5.31. The van der Waals surface area contributed by atoms with E-state index in [-0.39, 0.29) is 29.6 Å². The molecule has 10 heteroatoms. The highest BCUT2D eigenvalue weighted by Crippen LogP contribution is 2.32. The number of hydrogen-bond donors (Lipinski definition) is 1. The Morgan fingerprint density at radius 1 is 1.11 bits per heavy atom. The van der Waals surface area contributed by atoms with Crippen LogP contribution in [0.3, 0.4) is 0 Å². The molecule has 1 aromatic heterocycles. The topological polar surface area (TPSA) is 69.4 Å². The number of aromatic nitrogens is 3. The SMILES string of the molecule is OCc1ncn(-c2ccc(OCc3c(Cl)cccc3OC(F)(F)F)cc2)n1. The molecule has 27 heavy (non-hydrogen) atoms. The molecule has 142 valence electrons. The van der Waals surface area contributed by atoms with Crippen molar-refractivity contribution < 1.29 is 27.8 Å². The summed E-state index contributed by atoms with van der Waals surface area (Å²) in [7, 11) is 0. The number of benzene rings is 2. The van der Waals surface area contributed by atoms with E-state index < -0.39 is 12.1 Å². The first kappa shape index (κ1) is 19.0. The highest BCUT2D eigenvalue weighted by atomic mass is 35.5. The second kappa shape index (κ2) is 7.85. The number of halogens is 4. The van der Waals surface area contributed by atoms with Crippen LogP contribution < -0.4 is 9.47 Å². The summed E-state index contributed by atoms with van der Waals surface area (Å²) in [6.45, 7) is -0.475. The van der Waals surface area contributed by atoms with Gasteiger partial charge in [-0.1, -0.05) is 17.7 Å². The van der Waals surface area contributed by atoms with E-state index in [2.05, 4.69) is 14.8 Å². The second-order valence-corrected chi connectivity index (χ2v) is 5.72. The normalized spacial score (nSPS) is 11.4. The van der Waals surface area contributed by atoms with Crippen LogP contribution in [0.15, 0.2) is 48.8 Å². The first-order chi connectivity index (χ1) is 12.9. The van der Waals surface area contributed by atoms with Gasteiger partial charge in [0.2, 0.25) is 0 Å². The molecule has 0 spiro atoms. The minimum Gasteiger partial charge on any atom is -0.489 e. The van der Waals surface area contributed by atoms with Crippen LogP contribution in [-0.2, 0) is 13.2 Å². The maximum atomic E-state index is 12.5. The highest BCUT2D eigenvalue weighted by Gasteiger charge is 2.32. The van der Waals surface area contributed by atoms with Crippen molar-refractivity contribution in [2.75, 3.05) is 0 Å². The van der Waals surface area contributed by atoms with Crippen molar-refractivity contribution in [3.8, 4) is 17.2 Å². The lowest BCUT2D eigenvalue weighted by molar-refractivity contribution is -0.275. The van der Waals surface area contributed by atoms with Crippen molar-refractivity contribution in [3.05, 3.63) is 65.2 Å². The fraction of sp³-hybridized carbons (Fsp3) is 0.176. The van der Waals surface area contributed by atoms with Gasteiger partial charge in [-0.3, -0.25) is 0 Å². The number of hydrogen-bond acceptors (Lipinski definition) is 5. The molecule has 0 atom stereocenters. The monoisotopic (exact) mass is 399 g/mol. The third-order valence-electron chi connectivity index (χ3n) is 3.47. The van der Waals surface area contributed by atoms with E-state index in [0.29, 0.717) is 11.4 Å². The molecule has 0 bridgehead atoms. The van der Waals surface area contributed by atoms with Gasteiger partial charge in [-0.2, -0.15) is 0 Å². The summed E-state index contributed by atoms with van der Waals surface area (Å²) in [5, 5.41) is 13.1. The van der Waals surface area contributed by atoms with E-state index in [0.717, 1.165) is 0 Å². The standard InChI is InChI=1S/C17H13ClF3N3O3/c18-14-2-1-3-15(27-17(19,20)21)13(14)9-26-12-6-4-11(5-7-12)24-10-22-16(8-25)23-24/h1-7,10,25H,8-9H2. The molecule has 2 aromatic carbocycles. The van der Waals surface area contributed by atoms with E-state index >= 15 is 0 Å². The maximum Gasteiger partial charge on any atom is 0.573 e. The molecule has 3 rings (SSSR count). The van der Waals surface area contributed by atoms with E-state index in [4.69, 9.17) is 21.4 Å². The molecule has 0 saturated heterocycles. The largest absolute Gasteiger partial charge is 0.573 e. The Morgan fingerprint density at radius 2 is 1.85 bits per heavy atom. The van der Waals surface area contributed by atoms with Gasteiger partial charge in [0.25, 0.3) is 0 Å². The Labute approximate surface area is 156 Å². The van der Waals surface area contributed by atoms with Crippen molar-refractivity contribution in [2.24, 2.45) is 0 Å². The molecule has 0 aliphatic rings. The van der Waals surface area contributed by atoms with E-state index in [9.17, 15) is 13.2 Å². The molecule has 0 fully saturated rings. The lowest BCUT2D eigenvalue weighted by atomic mass is 10.2. The Hall–Kier alpha value is -2.78. The molecule has 0 saturated carbocycles. The number of nitrogens with zero attached hydrogens (tertiary/aromatic N) is 3. The van der Waals surface area contributed by atoms with Gasteiger partial charge < -0.3 is 14.6 Å². The van der Waals surface area contributed by atoms with Crippen molar-refractivity contribution in [1.29, 1.82) is 0 Å². The number of ether oxygens (including phenoxy) is 2. The van der Waals surface area contributed by atoms with Crippen LogP contribution in [0.4, 0.5) is 13.2 Å². The Kier molecular flexibility index (Phi) is 5.52. The first-order valence-electron chi connectivity index (χ1n) is 7.63. The van der Waals surface area contributed by atoms with Gasteiger partial charge in [0, 0.05) is 0 Å². The minimum absolute atomic E-state index is 0.0874. The van der Waals surface area contributed by atoms with E-state index in [1.807, 2.05) is 0 Å². The van der Waals surface area contributed by atoms with Gasteiger partial charge in [0.1, 0.15) is 31.0 Å². The molecule has 0 unspecified atom stereocenters. The average Bonchev–Trinajstić information content (AvgIpc) is 3.10. The minimum atomic E-state index is -4.83. The predicted octanol–water partition coefficient (Wildman–Crippen LogP) is 3.89. The Bertz CT molecular complexity index is 914. The summed E-state index contributed by atoms with van der Waals surface area (Å²) in [6, 6.07) is 10.6. The van der Waals surface area contributed by atoms with Crippen LogP contribution in [0.1, 0.15) is 11.4 Å². The van der Waals surface area contributed by atoms with Crippen molar-refractivity contribution >= 4 is 11.6 Å². The molecule has 0 aliphatic carbocycles. The number of aliphatic hydroxyl groups is 1. The third kappa shape index (κ3) is 4.89. The maximum absolute atomic E-state index is 12.5. The molecule has 1 heterocycles. The predicted molar refractivity (Wildman–Crippen MR) is 89.7 cm³/mol. The molecule has 6 nitrogen and oxygen atoms in total. The summed E-state index contributed by atoms with van der Waals surface area (Å²) in [5.74, 6) is 0.288. The van der Waals surface area contributed by atoms with Crippen LogP contribution >= 0.6 is 11.6 Å². The first-order valence-corrected chi connectivity index (χ1v) is 8.01. The lowest BCUT2D eigenvalue weighted by Crippen LogP contribution is -2.18. The molecule has 3 aromatic rings. The van der Waals surface area contributed by atoms with Gasteiger partial charge in [-0.25, -0.2) is 9.67 Å². The van der Waals surface area contributed by atoms with Gasteiger partial charge in [-0.05, 0) is 36.4 Å². The number of alkyl halides is 3. The van der Waals surface area contributed by atoms with Crippen molar-refractivity contribution in [3.63, 3.8) is 0 Å². The van der Waals surface area contributed by atoms with Gasteiger partial charge in [0.05, 0.1) is 16.3 Å². The van der Waals surface area contributed by atoms with E-state index in [1.54, 1.807) is 24.3 Å². The molecule has 0 aliphatic heterocycles. The fourth-order valence-corrected chi connectivity index (χ4v) is 2.46.